The molecule has 146 valence electrons. The highest BCUT2D eigenvalue weighted by atomic mass is 79.9. The van der Waals surface area contributed by atoms with Crippen molar-refractivity contribution in [3.63, 3.8) is 0 Å². The Bertz CT molecular complexity index is 1210. The van der Waals surface area contributed by atoms with Crippen LogP contribution in [0.1, 0.15) is 12.2 Å². The number of rotatable bonds is 6. The van der Waals surface area contributed by atoms with Crippen LogP contribution in [0.25, 0.3) is 22.2 Å². The molecule has 0 bridgehead atoms. The van der Waals surface area contributed by atoms with Crippen LogP contribution in [0.5, 0.6) is 0 Å². The summed E-state index contributed by atoms with van der Waals surface area (Å²) in [5.74, 6) is 1.25. The number of nitrogens with zero attached hydrogens (tertiary/aromatic N) is 2. The van der Waals surface area contributed by atoms with Gasteiger partial charge in [0.15, 0.2) is 0 Å². The molecule has 6 nitrogen and oxygen atoms in total. The van der Waals surface area contributed by atoms with E-state index in [0.29, 0.717) is 23.2 Å². The SMILES string of the molecule is O=C(CCn1cnc2ccccc2c1=O)NCc1ccc(-c2ccc(Br)cc2)o1. The molecule has 0 saturated heterocycles. The Kier molecular flexibility index (Phi) is 5.57. The van der Waals surface area contributed by atoms with Crippen molar-refractivity contribution in [3.8, 4) is 11.3 Å². The molecule has 1 N–H and O–H groups in total. The summed E-state index contributed by atoms with van der Waals surface area (Å²) in [5, 5.41) is 3.37. The van der Waals surface area contributed by atoms with Crippen molar-refractivity contribution in [1.82, 2.24) is 14.9 Å². The zero-order valence-corrected chi connectivity index (χ0v) is 17.1. The highest BCUT2D eigenvalue weighted by molar-refractivity contribution is 9.10. The Morgan fingerprint density at radius 1 is 1.07 bits per heavy atom. The molecule has 2 aromatic heterocycles. The van der Waals surface area contributed by atoms with Crippen molar-refractivity contribution in [3.05, 3.63) is 87.6 Å². The van der Waals surface area contributed by atoms with E-state index in [-0.39, 0.29) is 24.4 Å². The van der Waals surface area contributed by atoms with Crippen LogP contribution in [0.2, 0.25) is 0 Å². The van der Waals surface area contributed by atoms with Gasteiger partial charge in [0, 0.05) is 23.0 Å². The molecule has 4 rings (SSSR count). The molecule has 0 spiro atoms. The van der Waals surface area contributed by atoms with Crippen LogP contribution in [0, 0.1) is 0 Å². The zero-order valence-electron chi connectivity index (χ0n) is 15.5. The Morgan fingerprint density at radius 2 is 1.86 bits per heavy atom. The van der Waals surface area contributed by atoms with E-state index in [9.17, 15) is 9.59 Å². The molecule has 29 heavy (non-hydrogen) atoms. The maximum Gasteiger partial charge on any atom is 0.261 e. The minimum absolute atomic E-state index is 0.145. The zero-order chi connectivity index (χ0) is 20.2. The second-order valence-electron chi connectivity index (χ2n) is 6.56. The third-order valence-electron chi connectivity index (χ3n) is 4.56. The molecule has 0 unspecified atom stereocenters. The van der Waals surface area contributed by atoms with E-state index in [2.05, 4.69) is 26.2 Å². The number of amides is 1. The first-order chi connectivity index (χ1) is 14.1. The number of furan rings is 1. The largest absolute Gasteiger partial charge is 0.459 e. The van der Waals surface area contributed by atoms with Gasteiger partial charge in [-0.2, -0.15) is 0 Å². The number of aryl methyl sites for hydroxylation is 1. The summed E-state index contributed by atoms with van der Waals surface area (Å²) in [6.07, 6.45) is 1.66. The lowest BCUT2D eigenvalue weighted by Gasteiger charge is -2.07. The number of carbonyl (C=O) groups is 1. The summed E-state index contributed by atoms with van der Waals surface area (Å²) in [6, 6.07) is 18.7. The first-order valence-corrected chi connectivity index (χ1v) is 9.95. The summed E-state index contributed by atoms with van der Waals surface area (Å²) >= 11 is 3.41. The molecule has 2 heterocycles. The number of nitrogens with one attached hydrogen (secondary N) is 1. The third kappa shape index (κ3) is 4.46. The predicted molar refractivity (Wildman–Crippen MR) is 114 cm³/mol. The molecule has 2 aromatic carbocycles. The highest BCUT2D eigenvalue weighted by Gasteiger charge is 2.09. The van der Waals surface area contributed by atoms with E-state index < -0.39 is 0 Å². The van der Waals surface area contributed by atoms with Crippen LogP contribution in [0.15, 0.2) is 80.7 Å². The average molecular weight is 452 g/mol. The third-order valence-corrected chi connectivity index (χ3v) is 5.09. The fourth-order valence-electron chi connectivity index (χ4n) is 3.00. The minimum atomic E-state index is -0.161. The van der Waals surface area contributed by atoms with Crippen LogP contribution >= 0.6 is 15.9 Å². The van der Waals surface area contributed by atoms with E-state index in [0.717, 1.165) is 15.8 Å². The summed E-state index contributed by atoms with van der Waals surface area (Å²) in [7, 11) is 0. The molecule has 1 amide bonds. The van der Waals surface area contributed by atoms with E-state index >= 15 is 0 Å². The second kappa shape index (κ2) is 8.45. The lowest BCUT2D eigenvalue weighted by molar-refractivity contribution is -0.121. The van der Waals surface area contributed by atoms with E-state index in [1.54, 1.807) is 18.2 Å². The number of benzene rings is 2. The number of halogens is 1. The van der Waals surface area contributed by atoms with Crippen LogP contribution < -0.4 is 10.9 Å². The number of carbonyl (C=O) groups excluding carboxylic acids is 1. The highest BCUT2D eigenvalue weighted by Crippen LogP contribution is 2.23. The fourth-order valence-corrected chi connectivity index (χ4v) is 3.27. The topological polar surface area (TPSA) is 77.1 Å². The Balaban J connectivity index is 1.33. The van der Waals surface area contributed by atoms with Gasteiger partial charge >= 0.3 is 0 Å². The second-order valence-corrected chi connectivity index (χ2v) is 7.48. The summed E-state index contributed by atoms with van der Waals surface area (Å²) in [6.45, 7) is 0.561. The molecule has 0 atom stereocenters. The molecule has 0 aliphatic carbocycles. The van der Waals surface area contributed by atoms with Crippen molar-refractivity contribution >= 4 is 32.7 Å². The number of aromatic nitrogens is 2. The number of fused-ring (bicyclic) bond motifs is 1. The monoisotopic (exact) mass is 451 g/mol. The van der Waals surface area contributed by atoms with E-state index in [4.69, 9.17) is 4.42 Å². The van der Waals surface area contributed by atoms with Crippen LogP contribution in [-0.2, 0) is 17.9 Å². The number of hydrogen-bond donors (Lipinski definition) is 1. The van der Waals surface area contributed by atoms with E-state index in [1.165, 1.54) is 10.9 Å². The van der Waals surface area contributed by atoms with Crippen molar-refractivity contribution in [1.29, 1.82) is 0 Å². The summed E-state index contributed by atoms with van der Waals surface area (Å²) in [5.41, 5.74) is 1.47. The molecule has 0 aliphatic heterocycles. The first-order valence-electron chi connectivity index (χ1n) is 9.16. The molecule has 0 saturated carbocycles. The van der Waals surface area contributed by atoms with Crippen molar-refractivity contribution < 1.29 is 9.21 Å². The van der Waals surface area contributed by atoms with Gasteiger partial charge in [0.05, 0.1) is 23.8 Å². The molecular weight excluding hydrogens is 434 g/mol. The number of hydrogen-bond acceptors (Lipinski definition) is 4. The molecule has 0 radical (unpaired) electrons. The van der Waals surface area contributed by atoms with Crippen LogP contribution in [0.3, 0.4) is 0 Å². The standard InChI is InChI=1S/C22H18BrN3O3/c23-16-7-5-15(6-8-16)20-10-9-17(29-20)13-24-21(27)11-12-26-14-25-19-4-2-1-3-18(19)22(26)28/h1-10,14H,11-13H2,(H,24,27). The van der Waals surface area contributed by atoms with Gasteiger partial charge in [-0.15, -0.1) is 0 Å². The quantitative estimate of drug-likeness (QED) is 0.478. The van der Waals surface area contributed by atoms with Gasteiger partial charge in [0.25, 0.3) is 5.56 Å². The smallest absolute Gasteiger partial charge is 0.261 e. The first kappa shape index (κ1) is 19.1. The predicted octanol–water partition coefficient (Wildman–Crippen LogP) is 4.13. The van der Waals surface area contributed by atoms with Gasteiger partial charge in [-0.1, -0.05) is 40.2 Å². The van der Waals surface area contributed by atoms with Gasteiger partial charge in [0.2, 0.25) is 5.91 Å². The van der Waals surface area contributed by atoms with Crippen LogP contribution in [-0.4, -0.2) is 15.5 Å². The van der Waals surface area contributed by atoms with Gasteiger partial charge in [-0.05, 0) is 36.4 Å². The van der Waals surface area contributed by atoms with Gasteiger partial charge < -0.3 is 9.73 Å². The molecule has 0 fully saturated rings. The van der Waals surface area contributed by atoms with Crippen molar-refractivity contribution in [2.24, 2.45) is 0 Å². The minimum Gasteiger partial charge on any atom is -0.459 e. The molecule has 0 aliphatic rings. The fraction of sp³-hybridized carbons (Fsp3) is 0.136. The summed E-state index contributed by atoms with van der Waals surface area (Å²) < 4.78 is 8.25. The normalized spacial score (nSPS) is 10.9. The van der Waals surface area contributed by atoms with Crippen molar-refractivity contribution in [2.75, 3.05) is 0 Å². The average Bonchev–Trinajstić information content (AvgIpc) is 3.21. The van der Waals surface area contributed by atoms with E-state index in [1.807, 2.05) is 42.5 Å². The lowest BCUT2D eigenvalue weighted by Crippen LogP contribution is -2.27. The molecule has 7 heteroatoms. The van der Waals surface area contributed by atoms with Gasteiger partial charge in [-0.25, -0.2) is 4.98 Å². The lowest BCUT2D eigenvalue weighted by atomic mass is 10.2. The Labute approximate surface area is 175 Å². The van der Waals surface area contributed by atoms with Crippen LogP contribution in [0.4, 0.5) is 0 Å². The van der Waals surface area contributed by atoms with Gasteiger partial charge in [0.1, 0.15) is 11.5 Å². The Morgan fingerprint density at radius 3 is 2.69 bits per heavy atom. The van der Waals surface area contributed by atoms with Crippen molar-refractivity contribution in [2.45, 2.75) is 19.5 Å². The molecule has 4 aromatic rings. The Hall–Kier alpha value is -3.19. The summed E-state index contributed by atoms with van der Waals surface area (Å²) in [4.78, 5) is 28.9. The maximum absolute atomic E-state index is 12.5. The maximum atomic E-state index is 12.5. The molecular formula is C22H18BrN3O3. The van der Waals surface area contributed by atoms with Gasteiger partial charge in [-0.3, -0.25) is 14.2 Å². The number of para-hydroxylation sites is 1.